The summed E-state index contributed by atoms with van der Waals surface area (Å²) in [6.07, 6.45) is 62.2. The van der Waals surface area contributed by atoms with E-state index >= 15 is 0 Å². The number of carbonyl (C=O) groups is 2. The fourth-order valence-corrected chi connectivity index (χ4v) is 18.8. The summed E-state index contributed by atoms with van der Waals surface area (Å²) in [7, 11) is 1.43. The maximum Gasteiger partial charge on any atom is 0.472 e. The number of allylic oxidation sites excluding steroid dienone is 3. The molecule has 0 saturated carbocycles. The van der Waals surface area contributed by atoms with Crippen molar-refractivity contribution in [3.05, 3.63) is 97.1 Å². The maximum absolute atomic E-state index is 12.7. The van der Waals surface area contributed by atoms with Gasteiger partial charge in [0.05, 0.1) is 92.4 Å². The highest BCUT2D eigenvalue weighted by molar-refractivity contribution is 7.53. The van der Waals surface area contributed by atoms with E-state index < -0.39 is 60.2 Å². The number of phosphoric acid groups is 1. The number of likely N-dealkylation sites (N-methyl/N-ethyl adjacent to an activating group) is 2. The average Bonchev–Trinajstić information content (AvgIpc) is 0.747. The van der Waals surface area contributed by atoms with Crippen LogP contribution in [0, 0.1) is 0 Å². The van der Waals surface area contributed by atoms with E-state index in [0.29, 0.717) is 41.5 Å². The summed E-state index contributed by atoms with van der Waals surface area (Å²) < 4.78 is 55.2. The number of amides is 1. The Balaban J connectivity index is 0. The monoisotopic (exact) mass is 1710 g/mol. The molecule has 0 aromatic heterocycles. The number of nitrogens with two attached hydrogens (primary N) is 2. The minimum Gasteiger partial charge on any atom is -0.395 e. The Hall–Kier alpha value is -2.79. The van der Waals surface area contributed by atoms with E-state index in [1.54, 1.807) is 12.2 Å². The number of unbranched alkanes of at least 4 members (excludes halogenated alkanes) is 37. The zero-order valence-electron chi connectivity index (χ0n) is 76.5. The topological polar surface area (TPSA) is 269 Å². The van der Waals surface area contributed by atoms with E-state index in [2.05, 4.69) is 91.0 Å². The lowest BCUT2D eigenvalue weighted by atomic mass is 10.0. The van der Waals surface area contributed by atoms with Crippen LogP contribution in [0.3, 0.4) is 0 Å². The number of halogens is 1. The molecule has 23 heteroatoms. The first kappa shape index (κ1) is 115. The number of phosphoric ester groups is 1. The van der Waals surface area contributed by atoms with Crippen LogP contribution in [0.5, 0.6) is 0 Å². The van der Waals surface area contributed by atoms with Crippen molar-refractivity contribution in [3.8, 4) is 0 Å². The third-order valence-corrected chi connectivity index (χ3v) is 27.6. The van der Waals surface area contributed by atoms with Crippen molar-refractivity contribution >= 4 is 56.9 Å². The molecule has 19 nitrogen and oxygen atoms in total. The van der Waals surface area contributed by atoms with Gasteiger partial charge in [0.2, 0.25) is 11.1 Å². The van der Waals surface area contributed by atoms with E-state index in [4.69, 9.17) is 55.7 Å². The summed E-state index contributed by atoms with van der Waals surface area (Å²) in [6.45, 7) is 20.1. The second-order valence-electron chi connectivity index (χ2n) is 35.0. The van der Waals surface area contributed by atoms with Gasteiger partial charge in [-0.3, -0.25) is 27.8 Å². The molecular formula is C93H178ClN5O14P2Si+2. The van der Waals surface area contributed by atoms with Gasteiger partial charge in [0, 0.05) is 19.5 Å². The van der Waals surface area contributed by atoms with Gasteiger partial charge in [-0.15, -0.1) is 0 Å². The number of hydrogen-bond donors (Lipinski definition) is 7. The summed E-state index contributed by atoms with van der Waals surface area (Å²) in [5.41, 5.74) is 12.1. The number of rotatable bonds is 71. The molecule has 0 bridgehead atoms. The van der Waals surface area contributed by atoms with Gasteiger partial charge < -0.3 is 55.0 Å². The number of hydrogen-bond acceptors (Lipinski definition) is 15. The van der Waals surface area contributed by atoms with Crippen molar-refractivity contribution < 1.29 is 75.5 Å². The first-order valence-electron chi connectivity index (χ1n) is 45.7. The smallest absolute Gasteiger partial charge is 0.395 e. The summed E-state index contributed by atoms with van der Waals surface area (Å²) in [5.74, 6) is -0.123. The lowest BCUT2D eigenvalue weighted by molar-refractivity contribution is -0.870. The third kappa shape index (κ3) is 67.7. The van der Waals surface area contributed by atoms with E-state index in [-0.39, 0.29) is 42.6 Å². The van der Waals surface area contributed by atoms with Gasteiger partial charge in [0.15, 0.2) is 0 Å². The third-order valence-electron chi connectivity index (χ3n) is 20.5. The van der Waals surface area contributed by atoms with Gasteiger partial charge in [-0.05, 0) is 78.4 Å². The van der Waals surface area contributed by atoms with Crippen molar-refractivity contribution in [3.63, 3.8) is 0 Å². The Morgan fingerprint density at radius 2 is 0.828 bits per heavy atom. The fraction of sp³-hybridized carbons (Fsp3) is 0.785. The highest BCUT2D eigenvalue weighted by Gasteiger charge is 2.52. The highest BCUT2D eigenvalue weighted by atomic mass is 35.5. The van der Waals surface area contributed by atoms with Crippen LogP contribution in [0.15, 0.2) is 97.1 Å². The number of quaternary nitrogens is 2. The van der Waals surface area contributed by atoms with Crippen molar-refractivity contribution in [2.75, 3.05) is 95.1 Å². The van der Waals surface area contributed by atoms with Gasteiger partial charge in [0.25, 0.3) is 0 Å². The molecule has 0 saturated heterocycles. The first-order valence-corrected chi connectivity index (χ1v) is 51.5. The second-order valence-corrected chi connectivity index (χ2v) is 43.1. The number of carbonyl (C=O) groups excluding carboxylic acids is 2. The molecule has 0 heterocycles. The zero-order valence-corrected chi connectivity index (χ0v) is 80.0. The molecule has 0 fully saturated rings. The first-order chi connectivity index (χ1) is 55.2. The molecule has 1 amide bonds. The van der Waals surface area contributed by atoms with Gasteiger partial charge in [-0.25, -0.2) is 9.45 Å². The van der Waals surface area contributed by atoms with Crippen molar-refractivity contribution in [1.29, 1.82) is 0 Å². The number of aliphatic hydroxyl groups is 3. The van der Waals surface area contributed by atoms with Crippen LogP contribution in [-0.4, -0.2) is 180 Å². The predicted molar refractivity (Wildman–Crippen MR) is 493 cm³/mol. The standard InChI is InChI=1S/C39H67N2O6PSi.C30H61N2O5P.C18H37NO2.C6H11ClO/c1-8-9-10-11-12-13-14-15-16-17-18-19-26-31-38(37(40)34-45-48(42,43)44-33-32-41(5,6)7)46-47-49(39(2,3)4,35-27-22-20-23-28-35)36-29-24-21-25-30-36;1-7-9-11-12-13-14-15-16-17-18-19-20-22-23-29(33)28(31-30(34)24-21-10-8-2)27-37-38(6,35)36-26-25-32(3,4)5;1-2-3-4-5-6-7-8-9-10-11-12-13-14-15-18(21)17(19)16-20;1-2-3-4-5-6(7)8/h20-31,37-38H,8-19,32-34,40H2,1-7H3;22-23,28-29,33H,7-21,24-27H2,1-6H3;14-15,17-18,20-21H,2-13,16,19H2,1H3;2-5H2,1H3/p+2/b31-26+;23-22+;15-14+;/t37-,38+;28-,29+,38?;17-,18+;/m000./s1. The largest absolute Gasteiger partial charge is 0.472 e. The molecule has 2 unspecified atom stereocenters. The quantitative estimate of drug-likeness (QED) is 0.00474. The van der Waals surface area contributed by atoms with Crippen LogP contribution < -0.4 is 27.2 Å². The Morgan fingerprint density at radius 3 is 1.19 bits per heavy atom. The summed E-state index contributed by atoms with van der Waals surface area (Å²) in [4.78, 5) is 39.2. The van der Waals surface area contributed by atoms with E-state index in [0.717, 1.165) is 81.0 Å². The molecule has 0 radical (unpaired) electrons. The molecule has 0 aliphatic heterocycles. The Morgan fingerprint density at radius 1 is 0.483 bits per heavy atom. The molecule has 678 valence electrons. The molecule has 2 rings (SSSR count). The van der Waals surface area contributed by atoms with Gasteiger partial charge in [-0.2, -0.15) is 0 Å². The Kier molecular flexibility index (Phi) is 73.2. The molecule has 8 atom stereocenters. The number of aliphatic hydroxyl groups excluding tert-OH is 3. The van der Waals surface area contributed by atoms with Gasteiger partial charge >= 0.3 is 23.7 Å². The van der Waals surface area contributed by atoms with E-state index in [9.17, 15) is 33.8 Å². The SMILES string of the molecule is CCCCCC(=O)Cl.CCCCCCCCCCCCC/C=C/[C@@H](O)[C@@H](N)CO.CCCCCCCCCCCCC/C=C/[C@@H](O)[C@H](COP(C)(=O)OCC[N+](C)(C)C)NC(=O)CCCCC.CCCCCCCCCCCCC/C=C/[C@@H](OO[Si](c1ccccc1)(c1ccccc1)C(C)(C)C)[C@@H](N)COP(=O)(O)OCC[N+](C)(C)C. The fourth-order valence-electron chi connectivity index (χ4n) is 12.9. The van der Waals surface area contributed by atoms with Crippen LogP contribution in [-0.2, 0) is 46.3 Å². The Labute approximate surface area is 716 Å². The minimum atomic E-state index is -4.31. The number of nitrogens with one attached hydrogen (secondary N) is 1. The zero-order chi connectivity index (χ0) is 87.1. The molecule has 0 aliphatic carbocycles. The van der Waals surface area contributed by atoms with E-state index in [1.165, 1.54) is 206 Å². The van der Waals surface area contributed by atoms with Crippen LogP contribution in [0.1, 0.15) is 338 Å². The highest BCUT2D eigenvalue weighted by Crippen LogP contribution is 2.45. The summed E-state index contributed by atoms with van der Waals surface area (Å²) in [5, 5.41) is 33.6. The molecule has 9 N–H and O–H groups in total. The number of benzene rings is 2. The van der Waals surface area contributed by atoms with E-state index in [1.807, 2.05) is 96.9 Å². The Bertz CT molecular complexity index is 2740. The molecule has 2 aromatic carbocycles. The van der Waals surface area contributed by atoms with Gasteiger partial charge in [-0.1, -0.05) is 371 Å². The molecule has 0 spiro atoms. The second kappa shape index (κ2) is 73.7. The molecule has 0 aliphatic rings. The predicted octanol–water partition coefficient (Wildman–Crippen LogP) is 21.8. The molecular weight excluding hydrogens is 1540 g/mol. The maximum atomic E-state index is 12.7. The van der Waals surface area contributed by atoms with Crippen LogP contribution in [0.2, 0.25) is 5.04 Å². The van der Waals surface area contributed by atoms with Gasteiger partial charge in [0.1, 0.15) is 32.4 Å². The van der Waals surface area contributed by atoms with Crippen molar-refractivity contribution in [1.82, 2.24) is 5.32 Å². The summed E-state index contributed by atoms with van der Waals surface area (Å²) in [6, 6.07) is 18.5. The minimum absolute atomic E-state index is 0.0678. The van der Waals surface area contributed by atoms with Crippen LogP contribution in [0.25, 0.3) is 0 Å². The van der Waals surface area contributed by atoms with Crippen LogP contribution in [0.4, 0.5) is 0 Å². The lowest BCUT2D eigenvalue weighted by Gasteiger charge is -2.42. The van der Waals surface area contributed by atoms with Crippen molar-refractivity contribution in [2.45, 2.75) is 379 Å². The lowest BCUT2D eigenvalue weighted by Crippen LogP contribution is -2.67. The summed E-state index contributed by atoms with van der Waals surface area (Å²) >= 11 is 5.07. The normalized spacial score (nSPS) is 14.8. The average molecular weight is 1720 g/mol. The van der Waals surface area contributed by atoms with Crippen molar-refractivity contribution in [2.24, 2.45) is 11.5 Å². The molecule has 116 heavy (non-hydrogen) atoms. The number of nitrogens with zero attached hydrogens (tertiary/aromatic N) is 2. The van der Waals surface area contributed by atoms with Crippen LogP contribution >= 0.6 is 27.0 Å². The molecule has 2 aromatic rings.